The van der Waals surface area contributed by atoms with Gasteiger partial charge in [-0.15, -0.1) is 0 Å². The molecule has 19 heavy (non-hydrogen) atoms. The number of aliphatic hydroxyl groups excluding tert-OH is 1. The molecule has 2 N–H and O–H groups in total. The Balaban J connectivity index is 1.55. The molecule has 5 nitrogen and oxygen atoms in total. The first-order valence-corrected chi connectivity index (χ1v) is 7.68. The van der Waals surface area contributed by atoms with Crippen molar-refractivity contribution in [1.29, 1.82) is 0 Å². The van der Waals surface area contributed by atoms with Gasteiger partial charge in [-0.1, -0.05) is 0 Å². The van der Waals surface area contributed by atoms with E-state index in [0.717, 1.165) is 39.4 Å². The first-order chi connectivity index (χ1) is 9.24. The zero-order valence-corrected chi connectivity index (χ0v) is 12.2. The molecule has 0 amide bonds. The minimum atomic E-state index is -0.279. The van der Waals surface area contributed by atoms with Crippen molar-refractivity contribution < 1.29 is 9.84 Å². The van der Waals surface area contributed by atoms with Crippen LogP contribution < -0.4 is 5.32 Å². The van der Waals surface area contributed by atoms with E-state index in [4.69, 9.17) is 4.74 Å². The van der Waals surface area contributed by atoms with E-state index in [0.29, 0.717) is 12.6 Å². The van der Waals surface area contributed by atoms with Crippen LogP contribution >= 0.6 is 0 Å². The van der Waals surface area contributed by atoms with Crippen LogP contribution in [0.5, 0.6) is 0 Å². The van der Waals surface area contributed by atoms with E-state index in [1.165, 1.54) is 25.9 Å². The third kappa shape index (κ3) is 5.75. The Bertz CT molecular complexity index is 241. The van der Waals surface area contributed by atoms with Gasteiger partial charge in [-0.25, -0.2) is 0 Å². The molecule has 2 rings (SSSR count). The molecule has 0 bridgehead atoms. The van der Waals surface area contributed by atoms with Gasteiger partial charge in [0, 0.05) is 38.8 Å². The van der Waals surface area contributed by atoms with Gasteiger partial charge in [-0.2, -0.15) is 0 Å². The van der Waals surface area contributed by atoms with Gasteiger partial charge in [-0.3, -0.25) is 4.90 Å². The highest BCUT2D eigenvalue weighted by Crippen LogP contribution is 2.07. The van der Waals surface area contributed by atoms with Crippen LogP contribution in [0.4, 0.5) is 0 Å². The van der Waals surface area contributed by atoms with Crippen LogP contribution in [-0.4, -0.2) is 86.1 Å². The fraction of sp³-hybridized carbons (Fsp3) is 1.00. The van der Waals surface area contributed by atoms with Crippen molar-refractivity contribution in [2.24, 2.45) is 0 Å². The molecule has 0 aromatic heterocycles. The molecule has 0 aliphatic carbocycles. The van der Waals surface area contributed by atoms with Crippen molar-refractivity contribution in [1.82, 2.24) is 15.1 Å². The van der Waals surface area contributed by atoms with Crippen LogP contribution in [0.3, 0.4) is 0 Å². The lowest BCUT2D eigenvalue weighted by Crippen LogP contribution is -2.46. The van der Waals surface area contributed by atoms with Crippen molar-refractivity contribution in [3.8, 4) is 0 Å². The van der Waals surface area contributed by atoms with Gasteiger partial charge >= 0.3 is 0 Å². The standard InChI is InChI=1S/C14H29N3O2/c1-13(11-16-4-2-3-5-16)15-10-14(18)12-17-6-8-19-9-7-17/h13-15,18H,2-12H2,1H3. The highest BCUT2D eigenvalue weighted by atomic mass is 16.5. The molecule has 0 aromatic rings. The van der Waals surface area contributed by atoms with Crippen LogP contribution in [0.1, 0.15) is 19.8 Å². The second-order valence-electron chi connectivity index (χ2n) is 5.88. The van der Waals surface area contributed by atoms with Crippen LogP contribution in [0, 0.1) is 0 Å². The summed E-state index contributed by atoms with van der Waals surface area (Å²) in [7, 11) is 0. The molecule has 0 radical (unpaired) electrons. The lowest BCUT2D eigenvalue weighted by molar-refractivity contribution is 0.0144. The molecule has 2 fully saturated rings. The number of hydrogen-bond acceptors (Lipinski definition) is 5. The third-order valence-corrected chi connectivity index (χ3v) is 4.01. The van der Waals surface area contributed by atoms with E-state index in [-0.39, 0.29) is 6.10 Å². The molecule has 0 spiro atoms. The fourth-order valence-corrected chi connectivity index (χ4v) is 2.90. The SMILES string of the molecule is CC(CN1CCCC1)NCC(O)CN1CCOCC1. The van der Waals surface area contributed by atoms with Gasteiger partial charge in [0.25, 0.3) is 0 Å². The van der Waals surface area contributed by atoms with Gasteiger partial charge in [0.15, 0.2) is 0 Å². The normalized spacial score (nSPS) is 25.6. The number of morpholine rings is 1. The Morgan fingerprint density at radius 1 is 1.05 bits per heavy atom. The number of ether oxygens (including phenoxy) is 1. The largest absolute Gasteiger partial charge is 0.390 e. The van der Waals surface area contributed by atoms with Crippen LogP contribution in [0.15, 0.2) is 0 Å². The Morgan fingerprint density at radius 2 is 1.68 bits per heavy atom. The topological polar surface area (TPSA) is 48.0 Å². The van der Waals surface area contributed by atoms with Crippen molar-refractivity contribution >= 4 is 0 Å². The number of rotatable bonds is 7. The van der Waals surface area contributed by atoms with E-state index < -0.39 is 0 Å². The second-order valence-corrected chi connectivity index (χ2v) is 5.88. The molecule has 0 saturated carbocycles. The predicted molar refractivity (Wildman–Crippen MR) is 76.4 cm³/mol. The minimum absolute atomic E-state index is 0.279. The molecular formula is C14H29N3O2. The number of likely N-dealkylation sites (tertiary alicyclic amines) is 1. The molecule has 2 heterocycles. The zero-order chi connectivity index (χ0) is 13.5. The number of nitrogens with zero attached hydrogens (tertiary/aromatic N) is 2. The number of β-amino-alcohol motifs (C(OH)–C–C–N with tert-alkyl or cyclic N) is 1. The van der Waals surface area contributed by atoms with Crippen LogP contribution in [0.25, 0.3) is 0 Å². The van der Waals surface area contributed by atoms with Gasteiger partial charge in [-0.05, 0) is 32.9 Å². The smallest absolute Gasteiger partial charge is 0.0791 e. The Hall–Kier alpha value is -0.200. The summed E-state index contributed by atoms with van der Waals surface area (Å²) in [5, 5.41) is 13.5. The van der Waals surface area contributed by atoms with Crippen molar-refractivity contribution in [2.75, 3.05) is 59.0 Å². The lowest BCUT2D eigenvalue weighted by Gasteiger charge is -2.29. The summed E-state index contributed by atoms with van der Waals surface area (Å²) in [5.41, 5.74) is 0. The fourth-order valence-electron chi connectivity index (χ4n) is 2.90. The average molecular weight is 271 g/mol. The summed E-state index contributed by atoms with van der Waals surface area (Å²) in [6.07, 6.45) is 2.40. The van der Waals surface area contributed by atoms with E-state index in [2.05, 4.69) is 22.0 Å². The first-order valence-electron chi connectivity index (χ1n) is 7.68. The molecule has 2 atom stereocenters. The zero-order valence-electron chi connectivity index (χ0n) is 12.2. The molecular weight excluding hydrogens is 242 g/mol. The minimum Gasteiger partial charge on any atom is -0.390 e. The maximum absolute atomic E-state index is 10.1. The molecule has 5 heteroatoms. The van der Waals surface area contributed by atoms with Gasteiger partial charge < -0.3 is 20.1 Å². The highest BCUT2D eigenvalue weighted by Gasteiger charge is 2.17. The van der Waals surface area contributed by atoms with Crippen LogP contribution in [0.2, 0.25) is 0 Å². The molecule has 2 saturated heterocycles. The van der Waals surface area contributed by atoms with E-state index in [9.17, 15) is 5.11 Å². The van der Waals surface area contributed by atoms with E-state index in [1.807, 2.05) is 0 Å². The van der Waals surface area contributed by atoms with E-state index >= 15 is 0 Å². The maximum atomic E-state index is 10.1. The summed E-state index contributed by atoms with van der Waals surface area (Å²) >= 11 is 0. The summed E-state index contributed by atoms with van der Waals surface area (Å²) in [6.45, 7) is 10.7. The van der Waals surface area contributed by atoms with Crippen molar-refractivity contribution in [3.63, 3.8) is 0 Å². The molecule has 2 aliphatic rings. The summed E-state index contributed by atoms with van der Waals surface area (Å²) in [5.74, 6) is 0. The highest BCUT2D eigenvalue weighted by molar-refractivity contribution is 4.75. The number of hydrogen-bond donors (Lipinski definition) is 2. The average Bonchev–Trinajstić information content (AvgIpc) is 2.90. The quantitative estimate of drug-likeness (QED) is 0.669. The summed E-state index contributed by atoms with van der Waals surface area (Å²) in [4.78, 5) is 4.78. The molecule has 2 aliphatic heterocycles. The van der Waals surface area contributed by atoms with Crippen molar-refractivity contribution in [3.05, 3.63) is 0 Å². The van der Waals surface area contributed by atoms with Gasteiger partial charge in [0.1, 0.15) is 0 Å². The lowest BCUT2D eigenvalue weighted by atomic mass is 10.2. The Morgan fingerprint density at radius 3 is 2.37 bits per heavy atom. The third-order valence-electron chi connectivity index (χ3n) is 4.01. The first kappa shape index (κ1) is 15.2. The van der Waals surface area contributed by atoms with Crippen LogP contribution in [-0.2, 0) is 4.74 Å². The van der Waals surface area contributed by atoms with E-state index in [1.54, 1.807) is 0 Å². The Kier molecular flexibility index (Phi) is 6.53. The number of nitrogens with one attached hydrogen (secondary N) is 1. The molecule has 2 unspecified atom stereocenters. The van der Waals surface area contributed by atoms with Gasteiger partial charge in [0.05, 0.1) is 19.3 Å². The maximum Gasteiger partial charge on any atom is 0.0791 e. The molecule has 0 aromatic carbocycles. The predicted octanol–water partition coefficient (Wildman–Crippen LogP) is -0.247. The monoisotopic (exact) mass is 271 g/mol. The molecule has 112 valence electrons. The Labute approximate surface area is 116 Å². The van der Waals surface area contributed by atoms with Gasteiger partial charge in [0.2, 0.25) is 0 Å². The second kappa shape index (κ2) is 8.17. The summed E-state index contributed by atoms with van der Waals surface area (Å²) in [6, 6.07) is 0.456. The summed E-state index contributed by atoms with van der Waals surface area (Å²) < 4.78 is 5.31. The van der Waals surface area contributed by atoms with Crippen molar-refractivity contribution in [2.45, 2.75) is 31.9 Å². The number of aliphatic hydroxyl groups is 1.